The molecule has 0 amide bonds. The van der Waals surface area contributed by atoms with Crippen molar-refractivity contribution in [3.8, 4) is 17.6 Å². The third-order valence-corrected chi connectivity index (χ3v) is 4.87. The van der Waals surface area contributed by atoms with Crippen LogP contribution in [-0.2, 0) is 11.2 Å². The summed E-state index contributed by atoms with van der Waals surface area (Å²) in [4.78, 5) is 15.3. The predicted molar refractivity (Wildman–Crippen MR) is 120 cm³/mol. The molecule has 0 bridgehead atoms. The third kappa shape index (κ3) is 6.60. The van der Waals surface area contributed by atoms with E-state index in [0.29, 0.717) is 12.3 Å². The van der Waals surface area contributed by atoms with E-state index in [2.05, 4.69) is 35.9 Å². The first-order valence-corrected chi connectivity index (χ1v) is 10.3. The normalized spacial score (nSPS) is 12.4. The SMILES string of the molecule is CC(=O)CC(C)Cc1ccc(C#Cc2ccc(OC(C)c3ccncc3)cc2)cc1. The number of hydrogen-bond donors (Lipinski definition) is 0. The van der Waals surface area contributed by atoms with Crippen LogP contribution < -0.4 is 4.74 Å². The van der Waals surface area contributed by atoms with Gasteiger partial charge in [-0.3, -0.25) is 4.98 Å². The molecule has 0 saturated carbocycles. The average Bonchev–Trinajstić information content (AvgIpc) is 2.74. The highest BCUT2D eigenvalue weighted by Crippen LogP contribution is 2.21. The molecule has 0 radical (unpaired) electrons. The van der Waals surface area contributed by atoms with E-state index < -0.39 is 0 Å². The second-order valence-corrected chi connectivity index (χ2v) is 7.73. The van der Waals surface area contributed by atoms with Gasteiger partial charge in [-0.25, -0.2) is 0 Å². The average molecular weight is 398 g/mol. The van der Waals surface area contributed by atoms with E-state index in [-0.39, 0.29) is 11.9 Å². The molecule has 0 spiro atoms. The molecule has 0 fully saturated rings. The standard InChI is InChI=1S/C27H27NO2/c1-20(18-21(2)29)19-25-8-6-23(7-9-25)4-5-24-10-12-27(13-11-24)30-22(3)26-14-16-28-17-15-26/h6-17,20,22H,18-19H2,1-3H3. The van der Waals surface area contributed by atoms with E-state index in [1.165, 1.54) is 5.56 Å². The van der Waals surface area contributed by atoms with Gasteiger partial charge in [-0.2, -0.15) is 0 Å². The first-order chi connectivity index (χ1) is 14.5. The number of nitrogens with zero attached hydrogens (tertiary/aromatic N) is 1. The number of ether oxygens (including phenoxy) is 1. The molecule has 1 heterocycles. The van der Waals surface area contributed by atoms with Crippen LogP contribution in [0, 0.1) is 17.8 Å². The van der Waals surface area contributed by atoms with Crippen LogP contribution in [0.5, 0.6) is 5.75 Å². The molecule has 152 valence electrons. The summed E-state index contributed by atoms with van der Waals surface area (Å²) in [5, 5.41) is 0. The van der Waals surface area contributed by atoms with Gasteiger partial charge in [-0.05, 0) is 85.8 Å². The van der Waals surface area contributed by atoms with Gasteiger partial charge < -0.3 is 9.53 Å². The summed E-state index contributed by atoms with van der Waals surface area (Å²) in [5.41, 5.74) is 4.25. The minimum absolute atomic E-state index is 0.0402. The summed E-state index contributed by atoms with van der Waals surface area (Å²) in [7, 11) is 0. The zero-order chi connectivity index (χ0) is 21.3. The predicted octanol–water partition coefficient (Wildman–Crippen LogP) is 5.78. The van der Waals surface area contributed by atoms with Gasteiger partial charge in [0.1, 0.15) is 17.6 Å². The van der Waals surface area contributed by atoms with E-state index in [0.717, 1.165) is 28.9 Å². The van der Waals surface area contributed by atoms with Gasteiger partial charge in [0.2, 0.25) is 0 Å². The Bertz CT molecular complexity index is 1010. The number of rotatable bonds is 7. The summed E-state index contributed by atoms with van der Waals surface area (Å²) in [6.07, 6.45) is 5.04. The Morgan fingerprint density at radius 1 is 0.900 bits per heavy atom. The van der Waals surface area contributed by atoms with Crippen molar-refractivity contribution in [2.45, 2.75) is 39.7 Å². The summed E-state index contributed by atoms with van der Waals surface area (Å²) < 4.78 is 5.99. The van der Waals surface area contributed by atoms with Gasteiger partial charge in [0.25, 0.3) is 0 Å². The van der Waals surface area contributed by atoms with E-state index in [9.17, 15) is 4.79 Å². The molecule has 30 heavy (non-hydrogen) atoms. The zero-order valence-corrected chi connectivity index (χ0v) is 17.8. The lowest BCUT2D eigenvalue weighted by Crippen LogP contribution is -2.04. The number of carbonyl (C=O) groups is 1. The maximum atomic E-state index is 11.2. The van der Waals surface area contributed by atoms with E-state index in [1.54, 1.807) is 19.3 Å². The van der Waals surface area contributed by atoms with Gasteiger partial charge in [-0.15, -0.1) is 0 Å². The second-order valence-electron chi connectivity index (χ2n) is 7.73. The highest BCUT2D eigenvalue weighted by atomic mass is 16.5. The Labute approximate surface area is 179 Å². The smallest absolute Gasteiger partial charge is 0.130 e. The maximum absolute atomic E-state index is 11.2. The van der Waals surface area contributed by atoms with Crippen LogP contribution in [0.15, 0.2) is 73.1 Å². The van der Waals surface area contributed by atoms with Gasteiger partial charge >= 0.3 is 0 Å². The molecule has 0 N–H and O–H groups in total. The number of pyridine rings is 1. The Kier molecular flexibility index (Phi) is 7.40. The van der Waals surface area contributed by atoms with Crippen molar-refractivity contribution in [2.24, 2.45) is 5.92 Å². The van der Waals surface area contributed by atoms with Crippen LogP contribution >= 0.6 is 0 Å². The third-order valence-electron chi connectivity index (χ3n) is 4.87. The van der Waals surface area contributed by atoms with Gasteiger partial charge in [-0.1, -0.05) is 30.9 Å². The zero-order valence-electron chi connectivity index (χ0n) is 17.8. The van der Waals surface area contributed by atoms with E-state index in [1.807, 2.05) is 55.5 Å². The van der Waals surface area contributed by atoms with Crippen LogP contribution in [0.1, 0.15) is 55.5 Å². The quantitative estimate of drug-likeness (QED) is 0.475. The minimum Gasteiger partial charge on any atom is -0.486 e. The van der Waals surface area contributed by atoms with Crippen molar-refractivity contribution in [3.63, 3.8) is 0 Å². The van der Waals surface area contributed by atoms with Gasteiger partial charge in [0.05, 0.1) is 0 Å². The monoisotopic (exact) mass is 397 g/mol. The fraction of sp³-hybridized carbons (Fsp3) is 0.259. The molecule has 0 aliphatic carbocycles. The Hall–Kier alpha value is -3.38. The number of benzene rings is 2. The molecule has 0 saturated heterocycles. The van der Waals surface area contributed by atoms with Crippen LogP contribution in [0.4, 0.5) is 0 Å². The maximum Gasteiger partial charge on any atom is 0.130 e. The van der Waals surface area contributed by atoms with Crippen molar-refractivity contribution < 1.29 is 9.53 Å². The second kappa shape index (κ2) is 10.4. The lowest BCUT2D eigenvalue weighted by Gasteiger charge is -2.14. The molecule has 0 aliphatic heterocycles. The summed E-state index contributed by atoms with van der Waals surface area (Å²) in [6.45, 7) is 5.78. The lowest BCUT2D eigenvalue weighted by atomic mass is 9.96. The molecule has 3 heteroatoms. The summed E-state index contributed by atoms with van der Waals surface area (Å²) >= 11 is 0. The molecule has 3 aromatic rings. The van der Waals surface area contributed by atoms with Crippen LogP contribution in [0.3, 0.4) is 0 Å². The Morgan fingerprint density at radius 3 is 2.03 bits per heavy atom. The van der Waals surface area contributed by atoms with Crippen molar-refractivity contribution in [3.05, 3.63) is 95.3 Å². The number of ketones is 1. The number of Topliss-reactive ketones (excluding diaryl/α,β-unsaturated/α-hetero) is 1. The molecule has 0 aliphatic rings. The molecular weight excluding hydrogens is 370 g/mol. The summed E-state index contributed by atoms with van der Waals surface area (Å²) in [5.74, 6) is 7.83. The number of carbonyl (C=O) groups excluding carboxylic acids is 1. The molecule has 2 atom stereocenters. The highest BCUT2D eigenvalue weighted by molar-refractivity contribution is 5.75. The molecule has 3 rings (SSSR count). The molecule has 2 unspecified atom stereocenters. The van der Waals surface area contributed by atoms with Gasteiger partial charge in [0.15, 0.2) is 0 Å². The van der Waals surface area contributed by atoms with Crippen LogP contribution in [0.25, 0.3) is 0 Å². The van der Waals surface area contributed by atoms with Crippen molar-refractivity contribution in [1.29, 1.82) is 0 Å². The fourth-order valence-electron chi connectivity index (χ4n) is 3.36. The van der Waals surface area contributed by atoms with Crippen molar-refractivity contribution in [1.82, 2.24) is 4.98 Å². The first kappa shape index (κ1) is 21.3. The Balaban J connectivity index is 1.57. The first-order valence-electron chi connectivity index (χ1n) is 10.3. The summed E-state index contributed by atoms with van der Waals surface area (Å²) in [6, 6.07) is 20.0. The fourth-order valence-corrected chi connectivity index (χ4v) is 3.36. The minimum atomic E-state index is -0.0402. The van der Waals surface area contributed by atoms with E-state index in [4.69, 9.17) is 4.74 Å². The molecule has 3 nitrogen and oxygen atoms in total. The number of hydrogen-bond acceptors (Lipinski definition) is 3. The lowest BCUT2D eigenvalue weighted by molar-refractivity contribution is -0.117. The van der Waals surface area contributed by atoms with Crippen LogP contribution in [0.2, 0.25) is 0 Å². The van der Waals surface area contributed by atoms with E-state index >= 15 is 0 Å². The number of aromatic nitrogens is 1. The topological polar surface area (TPSA) is 39.2 Å². The van der Waals surface area contributed by atoms with Crippen molar-refractivity contribution in [2.75, 3.05) is 0 Å². The largest absolute Gasteiger partial charge is 0.486 e. The highest BCUT2D eigenvalue weighted by Gasteiger charge is 2.07. The molecule has 1 aromatic heterocycles. The Morgan fingerprint density at radius 2 is 1.47 bits per heavy atom. The van der Waals surface area contributed by atoms with Crippen LogP contribution in [-0.4, -0.2) is 10.8 Å². The molecular formula is C27H27NO2. The van der Waals surface area contributed by atoms with Crippen molar-refractivity contribution >= 4 is 5.78 Å². The van der Waals surface area contributed by atoms with Gasteiger partial charge in [0, 0.05) is 29.9 Å². The molecule has 2 aromatic carbocycles.